The van der Waals surface area contributed by atoms with Crippen LogP contribution in [0.1, 0.15) is 73.1 Å². The summed E-state index contributed by atoms with van der Waals surface area (Å²) in [6.07, 6.45) is -6.15. The zero-order valence-electron chi connectivity index (χ0n) is 30.7. The van der Waals surface area contributed by atoms with Crippen molar-refractivity contribution < 1.29 is 53.4 Å². The molecule has 0 saturated heterocycles. The van der Waals surface area contributed by atoms with Crippen molar-refractivity contribution in [2.24, 2.45) is 7.05 Å². The van der Waals surface area contributed by atoms with Crippen LogP contribution in [0.3, 0.4) is 0 Å². The van der Waals surface area contributed by atoms with Gasteiger partial charge >= 0.3 is 0 Å². The molecule has 5 aromatic rings. The van der Waals surface area contributed by atoms with Gasteiger partial charge in [0.2, 0.25) is 15.9 Å². The van der Waals surface area contributed by atoms with E-state index in [9.17, 15) is 44.7 Å². The molecule has 308 valence electrons. The van der Waals surface area contributed by atoms with Crippen molar-refractivity contribution in [1.29, 1.82) is 0 Å². The number of fused-ring (bicyclic) bond motifs is 2. The molecule has 1 amide bonds. The molecule has 1 aliphatic carbocycles. The zero-order chi connectivity index (χ0) is 42.7. The van der Waals surface area contributed by atoms with Crippen molar-refractivity contribution in [3.8, 4) is 23.0 Å². The second-order valence-electron chi connectivity index (χ2n) is 14.2. The van der Waals surface area contributed by atoms with Crippen molar-refractivity contribution in [2.75, 3.05) is 11.0 Å². The summed E-state index contributed by atoms with van der Waals surface area (Å²) >= 11 is 6.54. The van der Waals surface area contributed by atoms with Gasteiger partial charge in [0.05, 0.1) is 39.5 Å². The maximum absolute atomic E-state index is 15.2. The third-order valence-electron chi connectivity index (χ3n) is 8.90. The Morgan fingerprint density at radius 1 is 1.00 bits per heavy atom. The highest BCUT2D eigenvalue weighted by Crippen LogP contribution is 2.52. The van der Waals surface area contributed by atoms with Gasteiger partial charge in [0, 0.05) is 37.1 Å². The van der Waals surface area contributed by atoms with Crippen LogP contribution >= 0.6 is 11.6 Å². The quantitative estimate of drug-likeness (QED) is 0.0991. The van der Waals surface area contributed by atoms with Gasteiger partial charge in [0.25, 0.3) is 18.3 Å². The molecule has 11 nitrogen and oxygen atoms in total. The predicted molar refractivity (Wildman–Crippen MR) is 196 cm³/mol. The number of amides is 1. The van der Waals surface area contributed by atoms with Crippen LogP contribution in [0.5, 0.6) is 0 Å². The van der Waals surface area contributed by atoms with Crippen LogP contribution in [0.15, 0.2) is 42.5 Å². The summed E-state index contributed by atoms with van der Waals surface area (Å²) in [5.74, 6) is -6.33. The number of alkyl halides is 6. The highest BCUT2D eigenvalue weighted by Gasteiger charge is 2.55. The van der Waals surface area contributed by atoms with Gasteiger partial charge in [-0.3, -0.25) is 18.9 Å². The van der Waals surface area contributed by atoms with E-state index in [4.69, 9.17) is 11.6 Å². The van der Waals surface area contributed by atoms with Crippen LogP contribution in [0.4, 0.5) is 40.9 Å². The summed E-state index contributed by atoms with van der Waals surface area (Å²) in [4.78, 5) is 18.5. The van der Waals surface area contributed by atoms with E-state index in [1.54, 1.807) is 0 Å². The fraction of sp³-hybridized carbons (Fsp3) is 0.351. The molecule has 3 heterocycles. The van der Waals surface area contributed by atoms with E-state index in [0.29, 0.717) is 6.07 Å². The minimum absolute atomic E-state index is 0.00946. The van der Waals surface area contributed by atoms with Crippen LogP contribution in [0.25, 0.3) is 22.0 Å². The molecule has 1 aliphatic rings. The largest absolute Gasteiger partial charge is 0.378 e. The molecule has 0 fully saturated rings. The molecule has 58 heavy (non-hydrogen) atoms. The van der Waals surface area contributed by atoms with Gasteiger partial charge in [0.1, 0.15) is 40.9 Å². The maximum atomic E-state index is 15.2. The first kappa shape index (κ1) is 42.3. The Kier molecular flexibility index (Phi) is 11.1. The average Bonchev–Trinajstić information content (AvgIpc) is 3.64. The Morgan fingerprint density at radius 2 is 1.64 bits per heavy atom. The Bertz CT molecular complexity index is 2610. The number of hydrogen-bond acceptors (Lipinski definition) is 7. The number of hydrogen-bond donors (Lipinski definition) is 3. The summed E-state index contributed by atoms with van der Waals surface area (Å²) in [5.41, 5.74) is -5.89. The summed E-state index contributed by atoms with van der Waals surface area (Å²) in [5, 5.41) is 20.6. The number of halogens is 9. The number of aliphatic hydroxyl groups is 1. The number of carbonyl (C=O) groups excluding carboxylic acids is 1. The Hall–Kier alpha value is -5.26. The van der Waals surface area contributed by atoms with Gasteiger partial charge in [-0.1, -0.05) is 23.6 Å². The number of nitrogens with zero attached hydrogens (tertiary/aromatic N) is 5. The van der Waals surface area contributed by atoms with E-state index >= 15 is 8.78 Å². The van der Waals surface area contributed by atoms with Gasteiger partial charge < -0.3 is 10.4 Å². The molecule has 2 aromatic carbocycles. The third kappa shape index (κ3) is 8.90. The monoisotopic (exact) mass is 857 g/mol. The van der Waals surface area contributed by atoms with Gasteiger partial charge in [-0.2, -0.15) is 19.0 Å². The molecule has 6 rings (SSSR count). The second-order valence-corrected chi connectivity index (χ2v) is 16.3. The summed E-state index contributed by atoms with van der Waals surface area (Å²) in [7, 11) is -2.41. The number of nitrogens with one attached hydrogen (secondary N) is 2. The first-order valence-corrected chi connectivity index (χ1v) is 19.4. The molecule has 0 unspecified atom stereocenters. The van der Waals surface area contributed by atoms with Crippen molar-refractivity contribution in [3.05, 3.63) is 93.0 Å². The number of sulfonamides is 1. The summed E-state index contributed by atoms with van der Waals surface area (Å²) in [6, 6.07) is 6.79. The number of benzene rings is 2. The van der Waals surface area contributed by atoms with E-state index in [0.717, 1.165) is 18.4 Å². The van der Waals surface area contributed by atoms with E-state index in [1.807, 2.05) is 0 Å². The standard InChI is InChI=1S/C37H32ClF8N7O4S/c1-35(2,55)10-9-21-5-6-22(23-7-8-24(38)27-31(23)52(3)50-34(27)51-58(4,56)57)29(47-21)25(15-18-13-19(39)16-20(40)14-18)48-26(54)17-53-32-28(30(49-53)33(41)42)36(43,44)11-12-37(32,45)46/h5-8,13-14,16,25,33,55H,11-12,15,17H2,1-4H3,(H,48,54)(H,50,51)/t25-/m0/s1. The van der Waals surface area contributed by atoms with Crippen molar-refractivity contribution in [3.63, 3.8) is 0 Å². The maximum Gasteiger partial charge on any atom is 0.290 e. The topological polar surface area (TPSA) is 144 Å². The molecule has 0 aliphatic heterocycles. The van der Waals surface area contributed by atoms with E-state index < -0.39 is 100 Å². The Balaban J connectivity index is 1.55. The molecule has 3 aromatic heterocycles. The molecule has 1 atom stereocenters. The number of pyridine rings is 1. The van der Waals surface area contributed by atoms with Gasteiger partial charge in [0.15, 0.2) is 5.82 Å². The molecule has 21 heteroatoms. The number of carbonyl (C=O) groups is 1. The molecule has 0 bridgehead atoms. The van der Waals surface area contributed by atoms with Crippen molar-refractivity contribution in [1.82, 2.24) is 29.9 Å². The Morgan fingerprint density at radius 3 is 2.26 bits per heavy atom. The molecule has 0 radical (unpaired) electrons. The lowest BCUT2D eigenvalue weighted by Gasteiger charge is -2.29. The molecular formula is C37H32ClF8N7O4S. The molecular weight excluding hydrogens is 826 g/mol. The SMILES string of the molecule is Cn1nc(NS(C)(=O)=O)c2c(Cl)ccc(-c3ccc(C#CC(C)(C)O)nc3[C@H](Cc3cc(F)cc(F)c3)NC(=O)Cn3nc(C(F)F)c4c3C(F)(F)CCC4(F)F)c21. The normalized spacial score (nSPS) is 15.5. The third-order valence-corrected chi connectivity index (χ3v) is 9.78. The van der Waals surface area contributed by atoms with Crippen LogP contribution in [-0.2, 0) is 46.7 Å². The number of rotatable bonds is 10. The molecule has 3 N–H and O–H groups in total. The predicted octanol–water partition coefficient (Wildman–Crippen LogP) is 7.27. The number of aromatic nitrogens is 5. The van der Waals surface area contributed by atoms with Crippen LogP contribution in [0, 0.1) is 23.5 Å². The number of aryl methyl sites for hydroxylation is 1. The van der Waals surface area contributed by atoms with Crippen molar-refractivity contribution in [2.45, 2.75) is 69.6 Å². The van der Waals surface area contributed by atoms with Gasteiger partial charge in [-0.15, -0.1) is 0 Å². The van der Waals surface area contributed by atoms with Crippen LogP contribution in [-0.4, -0.2) is 55.8 Å². The van der Waals surface area contributed by atoms with Crippen molar-refractivity contribution >= 4 is 44.3 Å². The van der Waals surface area contributed by atoms with Gasteiger partial charge in [-0.25, -0.2) is 39.7 Å². The fourth-order valence-electron chi connectivity index (χ4n) is 6.69. The molecule has 0 saturated carbocycles. The lowest BCUT2D eigenvalue weighted by atomic mass is 9.89. The lowest BCUT2D eigenvalue weighted by Crippen LogP contribution is -2.37. The Labute approximate surface area is 330 Å². The highest BCUT2D eigenvalue weighted by atomic mass is 35.5. The van der Waals surface area contributed by atoms with E-state index in [-0.39, 0.29) is 54.5 Å². The second kappa shape index (κ2) is 15.2. The van der Waals surface area contributed by atoms with Crippen LogP contribution in [0.2, 0.25) is 5.02 Å². The fourth-order valence-corrected chi connectivity index (χ4v) is 7.43. The summed E-state index contributed by atoms with van der Waals surface area (Å²) in [6.45, 7) is 1.49. The minimum Gasteiger partial charge on any atom is -0.378 e. The van der Waals surface area contributed by atoms with Gasteiger partial charge in [-0.05, 0) is 62.1 Å². The highest BCUT2D eigenvalue weighted by molar-refractivity contribution is 7.92. The van der Waals surface area contributed by atoms with Crippen LogP contribution < -0.4 is 10.0 Å². The lowest BCUT2D eigenvalue weighted by molar-refractivity contribution is -0.123. The minimum atomic E-state index is -4.11. The van der Waals surface area contributed by atoms with E-state index in [1.165, 1.54) is 49.8 Å². The zero-order valence-corrected chi connectivity index (χ0v) is 32.3. The number of anilines is 1. The van der Waals surface area contributed by atoms with E-state index in [2.05, 4.69) is 37.1 Å². The first-order valence-electron chi connectivity index (χ1n) is 17.1. The first-order chi connectivity index (χ1) is 26.8. The summed E-state index contributed by atoms with van der Waals surface area (Å²) < 4.78 is 145. The molecule has 0 spiro atoms. The average molecular weight is 858 g/mol. The smallest absolute Gasteiger partial charge is 0.290 e.